The van der Waals surface area contributed by atoms with Crippen LogP contribution < -0.4 is 0 Å². The highest BCUT2D eigenvalue weighted by atomic mass is 32.2. The van der Waals surface area contributed by atoms with Crippen molar-refractivity contribution in [3.63, 3.8) is 0 Å². The lowest BCUT2D eigenvalue weighted by Gasteiger charge is -2.20. The van der Waals surface area contributed by atoms with Gasteiger partial charge in [-0.15, -0.1) is 0 Å². The van der Waals surface area contributed by atoms with Gasteiger partial charge in [0, 0.05) is 26.3 Å². The second-order valence-electron chi connectivity index (χ2n) is 12.4. The van der Waals surface area contributed by atoms with Gasteiger partial charge in [0.1, 0.15) is 5.82 Å². The molecule has 0 bridgehead atoms. The van der Waals surface area contributed by atoms with Crippen LogP contribution in [0.25, 0.3) is 44.7 Å². The molecule has 240 valence electrons. The summed E-state index contributed by atoms with van der Waals surface area (Å²) in [6, 6.07) is 47.4. The van der Waals surface area contributed by atoms with E-state index in [9.17, 15) is 0 Å². The van der Waals surface area contributed by atoms with E-state index < -0.39 is 0 Å². The monoisotopic (exact) mass is 644 g/mol. The van der Waals surface area contributed by atoms with E-state index in [2.05, 4.69) is 154 Å². The minimum absolute atomic E-state index is 0.330. The summed E-state index contributed by atoms with van der Waals surface area (Å²) < 4.78 is 2.45. The Morgan fingerprint density at radius 1 is 0.688 bits per heavy atom. The lowest BCUT2D eigenvalue weighted by atomic mass is 9.96. The minimum atomic E-state index is 0.330. The normalized spacial score (nSPS) is 13.2. The summed E-state index contributed by atoms with van der Waals surface area (Å²) in [5, 5.41) is 1.26. The first-order valence-electron chi connectivity index (χ1n) is 17.0. The third kappa shape index (κ3) is 6.61. The molecule has 5 aromatic carbocycles. The Kier molecular flexibility index (Phi) is 10.3. The van der Waals surface area contributed by atoms with Gasteiger partial charge in [0.2, 0.25) is 0 Å². The molecule has 0 spiro atoms. The van der Waals surface area contributed by atoms with E-state index in [0.29, 0.717) is 5.92 Å². The molecule has 0 fully saturated rings. The van der Waals surface area contributed by atoms with Crippen LogP contribution in [0.4, 0.5) is 0 Å². The van der Waals surface area contributed by atoms with Crippen molar-refractivity contribution in [3.8, 4) is 22.4 Å². The van der Waals surface area contributed by atoms with E-state index in [1.165, 1.54) is 59.8 Å². The van der Waals surface area contributed by atoms with Gasteiger partial charge in [-0.05, 0) is 73.1 Å². The van der Waals surface area contributed by atoms with Crippen LogP contribution >= 0.6 is 11.8 Å². The molecule has 0 unspecified atom stereocenters. The Morgan fingerprint density at radius 3 is 1.83 bits per heavy atom. The second kappa shape index (κ2) is 14.9. The Hall–Kier alpha value is -4.86. The van der Waals surface area contributed by atoms with Gasteiger partial charge in [0.05, 0.1) is 16.9 Å². The Bertz CT molecular complexity index is 2120. The fourth-order valence-corrected chi connectivity index (χ4v) is 7.30. The summed E-state index contributed by atoms with van der Waals surface area (Å²) in [5.74, 6) is 1.37. The Labute approximate surface area is 290 Å². The number of benzene rings is 5. The molecular weight excluding hydrogens is 601 g/mol. The number of rotatable bonds is 7. The van der Waals surface area contributed by atoms with Crippen molar-refractivity contribution in [1.82, 2.24) is 4.57 Å². The van der Waals surface area contributed by atoms with E-state index >= 15 is 0 Å². The van der Waals surface area contributed by atoms with Crippen molar-refractivity contribution in [2.75, 3.05) is 0 Å². The van der Waals surface area contributed by atoms with Crippen LogP contribution in [0.1, 0.15) is 58.6 Å². The maximum absolute atomic E-state index is 5.60. The third-order valence-corrected chi connectivity index (χ3v) is 10.3. The number of hydrogen-bond donors (Lipinski definition) is 0. The summed E-state index contributed by atoms with van der Waals surface area (Å²) in [6.45, 7) is 14.9. The predicted molar refractivity (Wildman–Crippen MR) is 210 cm³/mol. The molecule has 0 radical (unpaired) electrons. The van der Waals surface area contributed by atoms with Crippen molar-refractivity contribution in [1.29, 1.82) is 0 Å². The molecule has 0 N–H and O–H groups in total. The molecule has 1 aliphatic rings. The summed E-state index contributed by atoms with van der Waals surface area (Å²) in [7, 11) is 0. The van der Waals surface area contributed by atoms with Gasteiger partial charge in [0.25, 0.3) is 0 Å². The van der Waals surface area contributed by atoms with E-state index in [-0.39, 0.29) is 0 Å². The number of para-hydroxylation sites is 1. The van der Waals surface area contributed by atoms with Gasteiger partial charge in [0.15, 0.2) is 0 Å². The van der Waals surface area contributed by atoms with Crippen molar-refractivity contribution >= 4 is 39.8 Å². The first-order chi connectivity index (χ1) is 23.4. The average molecular weight is 645 g/mol. The van der Waals surface area contributed by atoms with Crippen LogP contribution in [-0.2, 0) is 0 Å². The van der Waals surface area contributed by atoms with Crippen molar-refractivity contribution in [2.45, 2.75) is 57.3 Å². The third-order valence-electron chi connectivity index (χ3n) is 9.16. The van der Waals surface area contributed by atoms with Gasteiger partial charge >= 0.3 is 0 Å². The van der Waals surface area contributed by atoms with E-state index in [1.54, 1.807) is 0 Å². The maximum Gasteiger partial charge on any atom is 0.136 e. The molecule has 0 saturated heterocycles. The topological polar surface area (TPSA) is 17.3 Å². The van der Waals surface area contributed by atoms with Crippen LogP contribution in [0.2, 0.25) is 0 Å². The molecule has 7 rings (SSSR count). The SMILES string of the molecule is C=C(C)c1ccccc1.CC/C(C)=C(\N=C(\c1ccccc1)[C@H](C)CC)n1c2c(c3ccccc31)-c1ccccc1Sc1ccccc1-2. The quantitative estimate of drug-likeness (QED) is 0.158. The zero-order valence-corrected chi connectivity index (χ0v) is 29.5. The van der Waals surface area contributed by atoms with Gasteiger partial charge in [-0.1, -0.05) is 160 Å². The van der Waals surface area contributed by atoms with E-state index in [0.717, 1.165) is 29.9 Å². The fraction of sp³-hybridized carbons (Fsp3) is 0.178. The number of allylic oxidation sites excluding steroid dienone is 2. The lowest BCUT2D eigenvalue weighted by Crippen LogP contribution is -2.14. The largest absolute Gasteiger partial charge is 0.293 e. The highest BCUT2D eigenvalue weighted by molar-refractivity contribution is 7.99. The van der Waals surface area contributed by atoms with Gasteiger partial charge in [-0.2, -0.15) is 0 Å². The second-order valence-corrected chi connectivity index (χ2v) is 13.5. The number of aromatic nitrogens is 1. The molecular formula is C45H44N2S. The highest BCUT2D eigenvalue weighted by Gasteiger charge is 2.28. The number of nitrogens with zero attached hydrogens (tertiary/aromatic N) is 2. The summed E-state index contributed by atoms with van der Waals surface area (Å²) in [6.07, 6.45) is 1.96. The van der Waals surface area contributed by atoms with Gasteiger partial charge in [-0.3, -0.25) is 4.57 Å². The molecule has 1 atom stereocenters. The smallest absolute Gasteiger partial charge is 0.136 e. The standard InChI is InChI=1S/C36H34N2S.C9H10/c1-5-24(3)34(26-16-8-7-9-17-26)37-36(25(4)6-2)38-30-21-13-10-18-27(30)33-28-19-11-14-22-31(28)39-32-23-15-12-20-29(32)35(33)38;1-8(2)9-6-4-3-5-7-9/h7-24H,5-6H2,1-4H3;3-7H,1H2,2H3/b36-25+,37-34+;/t24-;/m1./s1. The van der Waals surface area contributed by atoms with Gasteiger partial charge in [-0.25, -0.2) is 4.99 Å². The lowest BCUT2D eigenvalue weighted by molar-refractivity contribution is 0.739. The first kappa shape index (κ1) is 33.1. The predicted octanol–water partition coefficient (Wildman–Crippen LogP) is 13.3. The van der Waals surface area contributed by atoms with Crippen molar-refractivity contribution in [2.24, 2.45) is 10.9 Å². The maximum atomic E-state index is 5.60. The van der Waals surface area contributed by atoms with Gasteiger partial charge < -0.3 is 0 Å². The number of hydrogen-bond acceptors (Lipinski definition) is 2. The molecule has 48 heavy (non-hydrogen) atoms. The Balaban J connectivity index is 0.000000388. The number of aliphatic imine (C=N–C) groups is 1. The van der Waals surface area contributed by atoms with Crippen LogP contribution in [0.5, 0.6) is 0 Å². The zero-order valence-electron chi connectivity index (χ0n) is 28.7. The molecule has 0 aliphatic carbocycles. The molecule has 2 nitrogen and oxygen atoms in total. The number of fused-ring (bicyclic) bond motifs is 7. The molecule has 0 saturated carbocycles. The molecule has 2 heterocycles. The Morgan fingerprint density at radius 2 is 1.23 bits per heavy atom. The first-order valence-corrected chi connectivity index (χ1v) is 17.8. The zero-order chi connectivity index (χ0) is 33.6. The summed E-state index contributed by atoms with van der Waals surface area (Å²) in [5.41, 5.74) is 12.2. The van der Waals surface area contributed by atoms with Crippen LogP contribution in [-0.4, -0.2) is 10.3 Å². The molecule has 1 aromatic heterocycles. The molecule has 0 amide bonds. The molecule has 3 heteroatoms. The molecule has 1 aliphatic heterocycles. The van der Waals surface area contributed by atoms with Crippen LogP contribution in [0, 0.1) is 5.92 Å². The van der Waals surface area contributed by atoms with Crippen LogP contribution in [0.3, 0.4) is 0 Å². The fourth-order valence-electron chi connectivity index (χ4n) is 6.21. The van der Waals surface area contributed by atoms with Crippen molar-refractivity contribution < 1.29 is 0 Å². The minimum Gasteiger partial charge on any atom is -0.293 e. The summed E-state index contributed by atoms with van der Waals surface area (Å²) >= 11 is 1.86. The van der Waals surface area contributed by atoms with Crippen molar-refractivity contribution in [3.05, 3.63) is 157 Å². The highest BCUT2D eigenvalue weighted by Crippen LogP contribution is 2.52. The molecule has 6 aromatic rings. The van der Waals surface area contributed by atoms with E-state index in [1.807, 2.05) is 36.9 Å². The van der Waals surface area contributed by atoms with Crippen LogP contribution in [0.15, 0.2) is 160 Å². The average Bonchev–Trinajstić information content (AvgIpc) is 3.39. The van der Waals surface area contributed by atoms with E-state index in [4.69, 9.17) is 4.99 Å². The summed E-state index contributed by atoms with van der Waals surface area (Å²) in [4.78, 5) is 8.16.